The van der Waals surface area contributed by atoms with Crippen molar-refractivity contribution in [2.24, 2.45) is 0 Å². The average molecular weight is 265 g/mol. The summed E-state index contributed by atoms with van der Waals surface area (Å²) in [5.74, 6) is 0. The number of rotatable bonds is 4. The molecule has 0 aliphatic carbocycles. The number of nitrogens with zero attached hydrogens (tertiary/aromatic N) is 2. The normalized spacial score (nSPS) is 16.9. The van der Waals surface area contributed by atoms with E-state index in [4.69, 9.17) is 4.74 Å². The van der Waals surface area contributed by atoms with Gasteiger partial charge in [-0.15, -0.1) is 0 Å². The molecule has 1 heterocycles. The highest BCUT2D eigenvalue weighted by molar-refractivity contribution is 5.62. The highest BCUT2D eigenvalue weighted by atomic mass is 16.6. The second-order valence-corrected chi connectivity index (χ2v) is 4.60. The van der Waals surface area contributed by atoms with Crippen LogP contribution in [0.1, 0.15) is 12.0 Å². The standard InChI is InChI=1S/C13H19N3O3/c1-14-12-9-11(3-4-13(12)16(17)18)10-15-5-2-7-19-8-6-15/h3-4,9,14H,2,5-8,10H2,1H3. The minimum absolute atomic E-state index is 0.116. The van der Waals surface area contributed by atoms with Crippen LogP contribution >= 0.6 is 0 Å². The lowest BCUT2D eigenvalue weighted by atomic mass is 10.1. The number of hydrogen-bond donors (Lipinski definition) is 1. The van der Waals surface area contributed by atoms with Crippen molar-refractivity contribution in [1.82, 2.24) is 4.90 Å². The van der Waals surface area contributed by atoms with Crippen molar-refractivity contribution in [2.45, 2.75) is 13.0 Å². The molecule has 1 aliphatic heterocycles. The molecule has 1 aliphatic rings. The van der Waals surface area contributed by atoms with Crippen molar-refractivity contribution in [3.8, 4) is 0 Å². The Morgan fingerprint density at radius 3 is 3.00 bits per heavy atom. The molecule has 1 fully saturated rings. The van der Waals surface area contributed by atoms with Crippen LogP contribution in [0, 0.1) is 10.1 Å². The van der Waals surface area contributed by atoms with Crippen molar-refractivity contribution >= 4 is 11.4 Å². The third-order valence-corrected chi connectivity index (χ3v) is 3.25. The van der Waals surface area contributed by atoms with Crippen molar-refractivity contribution in [3.05, 3.63) is 33.9 Å². The number of hydrogen-bond acceptors (Lipinski definition) is 5. The zero-order valence-corrected chi connectivity index (χ0v) is 11.1. The molecule has 0 radical (unpaired) electrons. The molecule has 0 atom stereocenters. The van der Waals surface area contributed by atoms with E-state index in [9.17, 15) is 10.1 Å². The summed E-state index contributed by atoms with van der Waals surface area (Å²) in [6.45, 7) is 4.29. The van der Waals surface area contributed by atoms with E-state index < -0.39 is 0 Å². The van der Waals surface area contributed by atoms with Gasteiger partial charge >= 0.3 is 0 Å². The van der Waals surface area contributed by atoms with Gasteiger partial charge < -0.3 is 10.1 Å². The molecule has 1 saturated heterocycles. The first-order chi connectivity index (χ1) is 9.20. The van der Waals surface area contributed by atoms with Gasteiger partial charge in [0.2, 0.25) is 0 Å². The topological polar surface area (TPSA) is 67.6 Å². The predicted octanol–water partition coefficient (Wildman–Crippen LogP) is 1.86. The molecule has 0 amide bonds. The van der Waals surface area contributed by atoms with Gasteiger partial charge in [0.1, 0.15) is 5.69 Å². The van der Waals surface area contributed by atoms with Crippen LogP contribution < -0.4 is 5.32 Å². The Balaban J connectivity index is 2.09. The second-order valence-electron chi connectivity index (χ2n) is 4.60. The van der Waals surface area contributed by atoms with Gasteiger partial charge in [-0.1, -0.05) is 6.07 Å². The summed E-state index contributed by atoms with van der Waals surface area (Å²) in [6, 6.07) is 5.24. The number of nitro benzene ring substituents is 1. The second kappa shape index (κ2) is 6.49. The molecular formula is C13H19N3O3. The Bertz CT molecular complexity index is 443. The highest BCUT2D eigenvalue weighted by Gasteiger charge is 2.15. The smallest absolute Gasteiger partial charge is 0.292 e. The number of anilines is 1. The van der Waals surface area contributed by atoms with Gasteiger partial charge in [-0.25, -0.2) is 0 Å². The molecule has 0 saturated carbocycles. The molecule has 0 bridgehead atoms. The van der Waals surface area contributed by atoms with E-state index in [-0.39, 0.29) is 10.6 Å². The molecular weight excluding hydrogens is 246 g/mol. The van der Waals surface area contributed by atoms with Crippen molar-refractivity contribution in [1.29, 1.82) is 0 Å². The van der Waals surface area contributed by atoms with E-state index in [2.05, 4.69) is 10.2 Å². The Morgan fingerprint density at radius 2 is 2.26 bits per heavy atom. The fourth-order valence-electron chi connectivity index (χ4n) is 2.26. The molecule has 1 N–H and O–H groups in total. The molecule has 1 aromatic carbocycles. The van der Waals surface area contributed by atoms with E-state index in [0.717, 1.165) is 44.8 Å². The minimum Gasteiger partial charge on any atom is -0.383 e. The molecule has 104 valence electrons. The van der Waals surface area contributed by atoms with Crippen LogP contribution in [0.15, 0.2) is 18.2 Å². The van der Waals surface area contributed by atoms with Gasteiger partial charge in [0.05, 0.1) is 11.5 Å². The van der Waals surface area contributed by atoms with Crippen molar-refractivity contribution in [3.63, 3.8) is 0 Å². The van der Waals surface area contributed by atoms with Crippen molar-refractivity contribution in [2.75, 3.05) is 38.7 Å². The fraction of sp³-hybridized carbons (Fsp3) is 0.538. The van der Waals surface area contributed by atoms with E-state index in [1.165, 1.54) is 0 Å². The summed E-state index contributed by atoms with van der Waals surface area (Å²) in [5.41, 5.74) is 1.76. The number of benzene rings is 1. The number of nitro groups is 1. The molecule has 6 heteroatoms. The summed E-state index contributed by atoms with van der Waals surface area (Å²) in [4.78, 5) is 12.8. The first-order valence-corrected chi connectivity index (χ1v) is 6.46. The molecule has 0 spiro atoms. The van der Waals surface area contributed by atoms with Crippen LogP contribution in [0.4, 0.5) is 11.4 Å². The first kappa shape index (κ1) is 13.8. The third kappa shape index (κ3) is 3.65. The van der Waals surface area contributed by atoms with Gasteiger partial charge in [0.25, 0.3) is 5.69 Å². The maximum atomic E-state index is 10.9. The molecule has 0 aromatic heterocycles. The SMILES string of the molecule is CNc1cc(CN2CCCOCC2)ccc1[N+](=O)[O-]. The Morgan fingerprint density at radius 1 is 1.42 bits per heavy atom. The lowest BCUT2D eigenvalue weighted by Crippen LogP contribution is -2.25. The maximum Gasteiger partial charge on any atom is 0.292 e. The van der Waals surface area contributed by atoms with Crippen LogP contribution in [0.5, 0.6) is 0 Å². The zero-order valence-electron chi connectivity index (χ0n) is 11.1. The summed E-state index contributed by atoms with van der Waals surface area (Å²) in [5, 5.41) is 13.7. The van der Waals surface area contributed by atoms with Gasteiger partial charge in [0.15, 0.2) is 0 Å². The highest BCUT2D eigenvalue weighted by Crippen LogP contribution is 2.25. The van der Waals surface area contributed by atoms with E-state index in [1.807, 2.05) is 12.1 Å². The molecule has 1 aromatic rings. The Hall–Kier alpha value is -1.66. The summed E-state index contributed by atoms with van der Waals surface area (Å²) < 4.78 is 5.41. The Labute approximate surface area is 112 Å². The maximum absolute atomic E-state index is 10.9. The van der Waals surface area contributed by atoms with Crippen LogP contribution in [-0.4, -0.2) is 43.2 Å². The largest absolute Gasteiger partial charge is 0.383 e. The van der Waals surface area contributed by atoms with E-state index in [1.54, 1.807) is 13.1 Å². The monoisotopic (exact) mass is 265 g/mol. The molecule has 19 heavy (non-hydrogen) atoms. The molecule has 0 unspecified atom stereocenters. The lowest BCUT2D eigenvalue weighted by Gasteiger charge is -2.19. The van der Waals surface area contributed by atoms with Crippen LogP contribution in [-0.2, 0) is 11.3 Å². The predicted molar refractivity (Wildman–Crippen MR) is 73.4 cm³/mol. The quantitative estimate of drug-likeness (QED) is 0.665. The summed E-state index contributed by atoms with van der Waals surface area (Å²) in [6.07, 6.45) is 1.03. The molecule has 2 rings (SSSR count). The number of ether oxygens (including phenoxy) is 1. The van der Waals surface area contributed by atoms with Gasteiger partial charge in [-0.05, 0) is 18.1 Å². The Kier molecular flexibility index (Phi) is 4.70. The van der Waals surface area contributed by atoms with Gasteiger partial charge in [0, 0.05) is 39.4 Å². The molecule has 6 nitrogen and oxygen atoms in total. The average Bonchev–Trinajstić information content (AvgIpc) is 2.67. The van der Waals surface area contributed by atoms with Crippen molar-refractivity contribution < 1.29 is 9.66 Å². The van der Waals surface area contributed by atoms with Crippen LogP contribution in [0.2, 0.25) is 0 Å². The fourth-order valence-corrected chi connectivity index (χ4v) is 2.26. The number of nitrogens with one attached hydrogen (secondary N) is 1. The summed E-state index contributed by atoms with van der Waals surface area (Å²) in [7, 11) is 1.70. The van der Waals surface area contributed by atoms with E-state index >= 15 is 0 Å². The van der Waals surface area contributed by atoms with Crippen LogP contribution in [0.3, 0.4) is 0 Å². The zero-order chi connectivity index (χ0) is 13.7. The minimum atomic E-state index is -0.366. The van der Waals surface area contributed by atoms with Gasteiger partial charge in [-0.3, -0.25) is 15.0 Å². The van der Waals surface area contributed by atoms with Gasteiger partial charge in [-0.2, -0.15) is 0 Å². The van der Waals surface area contributed by atoms with Crippen LogP contribution in [0.25, 0.3) is 0 Å². The summed E-state index contributed by atoms with van der Waals surface area (Å²) >= 11 is 0. The third-order valence-electron chi connectivity index (χ3n) is 3.25. The first-order valence-electron chi connectivity index (χ1n) is 6.46. The lowest BCUT2D eigenvalue weighted by molar-refractivity contribution is -0.384. The van der Waals surface area contributed by atoms with E-state index in [0.29, 0.717) is 5.69 Å².